The van der Waals surface area contributed by atoms with E-state index in [4.69, 9.17) is 11.6 Å². The Kier molecular flexibility index (Phi) is 4.99. The highest BCUT2D eigenvalue weighted by molar-refractivity contribution is 6.20. The summed E-state index contributed by atoms with van der Waals surface area (Å²) in [6, 6.07) is 3.85. The van der Waals surface area contributed by atoms with Crippen LogP contribution in [0.1, 0.15) is 18.9 Å². The van der Waals surface area contributed by atoms with Gasteiger partial charge in [0.25, 0.3) is 0 Å². The van der Waals surface area contributed by atoms with Crippen molar-refractivity contribution in [2.75, 3.05) is 6.54 Å². The molecule has 0 amide bonds. The van der Waals surface area contributed by atoms with Gasteiger partial charge in [-0.05, 0) is 18.6 Å². The van der Waals surface area contributed by atoms with Crippen molar-refractivity contribution >= 4 is 11.6 Å². The van der Waals surface area contributed by atoms with Crippen molar-refractivity contribution in [3.63, 3.8) is 0 Å². The molecule has 1 aromatic carbocycles. The van der Waals surface area contributed by atoms with Crippen molar-refractivity contribution < 1.29 is 8.78 Å². The number of hydrogen-bond acceptors (Lipinski definition) is 1. The third-order valence-electron chi connectivity index (χ3n) is 2.17. The lowest BCUT2D eigenvalue weighted by Gasteiger charge is -2.09. The maximum Gasteiger partial charge on any atom is 0.130 e. The van der Waals surface area contributed by atoms with Gasteiger partial charge in [0.1, 0.15) is 11.6 Å². The first-order valence-electron chi connectivity index (χ1n) is 4.92. The minimum atomic E-state index is -0.523. The van der Waals surface area contributed by atoms with Crippen LogP contribution in [0.15, 0.2) is 18.2 Å². The number of benzene rings is 1. The molecule has 1 aromatic rings. The second kappa shape index (κ2) is 6.03. The fourth-order valence-electron chi connectivity index (χ4n) is 1.20. The van der Waals surface area contributed by atoms with E-state index in [1.807, 2.05) is 6.92 Å². The standard InChI is InChI=1S/C11H14ClF2N/c1-2-8(12)6-15-7-9-10(13)4-3-5-11(9)14/h3-5,8,15H,2,6-7H2,1H3. The van der Waals surface area contributed by atoms with Crippen LogP contribution in [-0.2, 0) is 6.54 Å². The second-order valence-electron chi connectivity index (χ2n) is 3.34. The van der Waals surface area contributed by atoms with E-state index in [9.17, 15) is 8.78 Å². The van der Waals surface area contributed by atoms with E-state index < -0.39 is 11.6 Å². The molecule has 0 saturated heterocycles. The molecule has 1 N–H and O–H groups in total. The van der Waals surface area contributed by atoms with Crippen molar-refractivity contribution in [3.05, 3.63) is 35.4 Å². The Bertz CT molecular complexity index is 297. The molecule has 0 aromatic heterocycles. The first-order valence-corrected chi connectivity index (χ1v) is 5.36. The monoisotopic (exact) mass is 233 g/mol. The molecule has 1 nitrogen and oxygen atoms in total. The van der Waals surface area contributed by atoms with E-state index in [0.717, 1.165) is 6.42 Å². The van der Waals surface area contributed by atoms with Crippen molar-refractivity contribution in [3.8, 4) is 0 Å². The van der Waals surface area contributed by atoms with Gasteiger partial charge in [-0.15, -0.1) is 11.6 Å². The molecule has 0 radical (unpaired) electrons. The van der Waals surface area contributed by atoms with Gasteiger partial charge in [-0.25, -0.2) is 8.78 Å². The average Bonchev–Trinajstić information content (AvgIpc) is 2.22. The summed E-state index contributed by atoms with van der Waals surface area (Å²) in [6.07, 6.45) is 0.828. The summed E-state index contributed by atoms with van der Waals surface area (Å²) < 4.78 is 26.3. The number of hydrogen-bond donors (Lipinski definition) is 1. The molecule has 0 aliphatic rings. The first-order chi connectivity index (χ1) is 7.15. The summed E-state index contributed by atoms with van der Waals surface area (Å²) in [5.74, 6) is -1.05. The lowest BCUT2D eigenvalue weighted by Crippen LogP contribution is -2.23. The van der Waals surface area contributed by atoms with Crippen molar-refractivity contribution in [2.45, 2.75) is 25.3 Å². The molecular weight excluding hydrogens is 220 g/mol. The molecule has 0 heterocycles. The maximum absolute atomic E-state index is 13.1. The van der Waals surface area contributed by atoms with E-state index in [2.05, 4.69) is 5.32 Å². The summed E-state index contributed by atoms with van der Waals surface area (Å²) in [6.45, 7) is 2.68. The summed E-state index contributed by atoms with van der Waals surface area (Å²) in [7, 11) is 0. The quantitative estimate of drug-likeness (QED) is 0.771. The van der Waals surface area contributed by atoms with E-state index >= 15 is 0 Å². The molecular formula is C11H14ClF2N. The molecule has 0 aliphatic heterocycles. The van der Waals surface area contributed by atoms with Crippen molar-refractivity contribution in [2.24, 2.45) is 0 Å². The average molecular weight is 234 g/mol. The van der Waals surface area contributed by atoms with Crippen LogP contribution in [0.4, 0.5) is 8.78 Å². The minimum Gasteiger partial charge on any atom is -0.311 e. The van der Waals surface area contributed by atoms with Gasteiger partial charge in [0.05, 0.1) is 0 Å². The van der Waals surface area contributed by atoms with Gasteiger partial charge in [-0.3, -0.25) is 0 Å². The summed E-state index contributed by atoms with van der Waals surface area (Å²) >= 11 is 5.86. The predicted molar refractivity (Wildman–Crippen MR) is 58.0 cm³/mol. The van der Waals surface area contributed by atoms with Gasteiger partial charge in [0.15, 0.2) is 0 Å². The molecule has 0 saturated carbocycles. The first kappa shape index (κ1) is 12.4. The van der Waals surface area contributed by atoms with E-state index in [1.165, 1.54) is 18.2 Å². The minimum absolute atomic E-state index is 0.000153. The van der Waals surface area contributed by atoms with E-state index in [-0.39, 0.29) is 17.5 Å². The zero-order valence-corrected chi connectivity index (χ0v) is 9.32. The molecule has 15 heavy (non-hydrogen) atoms. The number of halogens is 3. The van der Waals surface area contributed by atoms with Gasteiger partial charge >= 0.3 is 0 Å². The lowest BCUT2D eigenvalue weighted by molar-refractivity contribution is 0.532. The van der Waals surface area contributed by atoms with Gasteiger partial charge in [0.2, 0.25) is 0 Å². The normalized spacial score (nSPS) is 12.8. The fraction of sp³-hybridized carbons (Fsp3) is 0.455. The molecule has 0 fully saturated rings. The lowest BCUT2D eigenvalue weighted by atomic mass is 10.2. The Hall–Kier alpha value is -0.670. The third kappa shape index (κ3) is 3.76. The zero-order chi connectivity index (χ0) is 11.3. The fourth-order valence-corrected chi connectivity index (χ4v) is 1.31. The summed E-state index contributed by atoms with van der Waals surface area (Å²) in [5.41, 5.74) is 0.0671. The van der Waals surface area contributed by atoms with Crippen LogP contribution >= 0.6 is 11.6 Å². The molecule has 1 rings (SSSR count). The Labute approximate surface area is 93.4 Å². The van der Waals surface area contributed by atoms with Gasteiger partial charge in [-0.1, -0.05) is 13.0 Å². The Morgan fingerprint density at radius 3 is 2.47 bits per heavy atom. The second-order valence-corrected chi connectivity index (χ2v) is 3.95. The molecule has 0 spiro atoms. The van der Waals surface area contributed by atoms with Crippen LogP contribution in [0.2, 0.25) is 0 Å². The summed E-state index contributed by atoms with van der Waals surface area (Å²) in [4.78, 5) is 0. The molecule has 4 heteroatoms. The van der Waals surface area contributed by atoms with Crippen LogP contribution in [0.3, 0.4) is 0 Å². The van der Waals surface area contributed by atoms with Gasteiger partial charge in [-0.2, -0.15) is 0 Å². The third-order valence-corrected chi connectivity index (χ3v) is 2.64. The highest BCUT2D eigenvalue weighted by Gasteiger charge is 2.08. The van der Waals surface area contributed by atoms with Crippen molar-refractivity contribution in [1.29, 1.82) is 0 Å². The molecule has 0 bridgehead atoms. The SMILES string of the molecule is CCC(Cl)CNCc1c(F)cccc1F. The molecule has 84 valence electrons. The number of rotatable bonds is 5. The highest BCUT2D eigenvalue weighted by Crippen LogP contribution is 2.11. The molecule has 1 unspecified atom stereocenters. The van der Waals surface area contributed by atoms with E-state index in [1.54, 1.807) is 0 Å². The largest absolute Gasteiger partial charge is 0.311 e. The Morgan fingerprint density at radius 1 is 1.33 bits per heavy atom. The smallest absolute Gasteiger partial charge is 0.130 e. The van der Waals surface area contributed by atoms with Crippen LogP contribution < -0.4 is 5.32 Å². The van der Waals surface area contributed by atoms with E-state index in [0.29, 0.717) is 6.54 Å². The van der Waals surface area contributed by atoms with Gasteiger partial charge < -0.3 is 5.32 Å². The topological polar surface area (TPSA) is 12.0 Å². The Morgan fingerprint density at radius 2 is 1.93 bits per heavy atom. The number of alkyl halides is 1. The maximum atomic E-state index is 13.1. The van der Waals surface area contributed by atoms with Crippen LogP contribution in [0, 0.1) is 11.6 Å². The predicted octanol–water partition coefficient (Wildman–Crippen LogP) is 3.07. The van der Waals surface area contributed by atoms with Crippen molar-refractivity contribution in [1.82, 2.24) is 5.32 Å². The van der Waals surface area contributed by atoms with Gasteiger partial charge in [0, 0.05) is 24.0 Å². The zero-order valence-electron chi connectivity index (χ0n) is 8.56. The summed E-state index contributed by atoms with van der Waals surface area (Å²) in [5, 5.41) is 2.92. The Balaban J connectivity index is 2.50. The van der Waals surface area contributed by atoms with Crippen LogP contribution in [0.25, 0.3) is 0 Å². The molecule has 1 atom stereocenters. The van der Waals surface area contributed by atoms with Crippen LogP contribution in [-0.4, -0.2) is 11.9 Å². The number of nitrogens with one attached hydrogen (secondary N) is 1. The highest BCUT2D eigenvalue weighted by atomic mass is 35.5. The van der Waals surface area contributed by atoms with Crippen LogP contribution in [0.5, 0.6) is 0 Å². The molecule has 0 aliphatic carbocycles.